The van der Waals surface area contributed by atoms with Gasteiger partial charge in [0.2, 0.25) is 5.95 Å². The molecular weight excluding hydrogens is 405 g/mol. The van der Waals surface area contributed by atoms with Crippen molar-refractivity contribution in [3.05, 3.63) is 92.2 Å². The average molecular weight is 417 g/mol. The van der Waals surface area contributed by atoms with Gasteiger partial charge in [-0.2, -0.15) is 0 Å². The molecule has 7 heteroatoms. The van der Waals surface area contributed by atoms with Crippen molar-refractivity contribution in [3.8, 4) is 5.69 Å². The van der Waals surface area contributed by atoms with E-state index < -0.39 is 0 Å². The number of aromatic nitrogens is 2. The number of hydrogen-bond donors (Lipinski definition) is 1. The lowest BCUT2D eigenvalue weighted by molar-refractivity contribution is 0.974. The Morgan fingerprint density at radius 3 is 2.04 bits per heavy atom. The van der Waals surface area contributed by atoms with Crippen LogP contribution in [0.5, 0.6) is 0 Å². The maximum Gasteiger partial charge on any atom is 0.267 e. The van der Waals surface area contributed by atoms with Gasteiger partial charge in [-0.1, -0.05) is 34.8 Å². The highest BCUT2D eigenvalue weighted by Crippen LogP contribution is 2.23. The fourth-order valence-electron chi connectivity index (χ4n) is 2.73. The molecule has 27 heavy (non-hydrogen) atoms. The Morgan fingerprint density at radius 1 is 0.778 bits per heavy atom. The highest BCUT2D eigenvalue weighted by Gasteiger charge is 2.14. The van der Waals surface area contributed by atoms with Crippen LogP contribution in [0.25, 0.3) is 16.6 Å². The Hall–Kier alpha value is -2.53. The van der Waals surface area contributed by atoms with Crippen molar-refractivity contribution in [1.29, 1.82) is 0 Å². The second-order valence-electron chi connectivity index (χ2n) is 5.85. The van der Waals surface area contributed by atoms with Gasteiger partial charge in [0, 0.05) is 20.8 Å². The molecule has 1 aromatic heterocycles. The third-order valence-electron chi connectivity index (χ3n) is 4.02. The summed E-state index contributed by atoms with van der Waals surface area (Å²) in [5.41, 5.74) is 1.70. The first-order valence-electron chi connectivity index (χ1n) is 8.02. The van der Waals surface area contributed by atoms with Crippen LogP contribution in [-0.2, 0) is 0 Å². The van der Waals surface area contributed by atoms with Gasteiger partial charge in [-0.25, -0.2) is 9.55 Å². The first-order valence-corrected chi connectivity index (χ1v) is 9.15. The molecule has 0 spiro atoms. The predicted molar refractivity (Wildman–Crippen MR) is 112 cm³/mol. The van der Waals surface area contributed by atoms with Crippen LogP contribution in [0, 0.1) is 0 Å². The molecule has 3 aromatic carbocycles. The van der Waals surface area contributed by atoms with Crippen LogP contribution >= 0.6 is 34.8 Å². The van der Waals surface area contributed by atoms with Gasteiger partial charge in [-0.3, -0.25) is 4.79 Å². The van der Waals surface area contributed by atoms with Gasteiger partial charge in [0.15, 0.2) is 0 Å². The molecule has 0 unspecified atom stereocenters. The normalized spacial score (nSPS) is 10.9. The van der Waals surface area contributed by atoms with E-state index in [2.05, 4.69) is 10.3 Å². The largest absolute Gasteiger partial charge is 0.325 e. The van der Waals surface area contributed by atoms with Crippen molar-refractivity contribution in [2.75, 3.05) is 5.32 Å². The summed E-state index contributed by atoms with van der Waals surface area (Å²) in [6.45, 7) is 0. The molecule has 134 valence electrons. The van der Waals surface area contributed by atoms with Crippen LogP contribution in [0.1, 0.15) is 0 Å². The third-order valence-corrected chi connectivity index (χ3v) is 4.75. The Labute approximate surface area is 169 Å². The summed E-state index contributed by atoms with van der Waals surface area (Å²) in [5.74, 6) is 0.375. The van der Waals surface area contributed by atoms with Crippen molar-refractivity contribution < 1.29 is 0 Å². The van der Waals surface area contributed by atoms with Gasteiger partial charge in [0.05, 0.1) is 16.6 Å². The summed E-state index contributed by atoms with van der Waals surface area (Å²) in [6.07, 6.45) is 0. The molecule has 1 heterocycles. The monoisotopic (exact) mass is 415 g/mol. The Morgan fingerprint density at radius 2 is 1.37 bits per heavy atom. The number of nitrogens with zero attached hydrogens (tertiary/aromatic N) is 2. The van der Waals surface area contributed by atoms with Crippen molar-refractivity contribution in [2.45, 2.75) is 0 Å². The number of halogens is 3. The quantitative estimate of drug-likeness (QED) is 0.439. The van der Waals surface area contributed by atoms with Crippen molar-refractivity contribution >= 4 is 57.3 Å². The predicted octanol–water partition coefficient (Wildman–Crippen LogP) is 6.09. The number of benzene rings is 3. The molecule has 4 nitrogen and oxygen atoms in total. The molecule has 0 saturated heterocycles. The minimum atomic E-state index is -0.235. The molecule has 0 atom stereocenters. The summed E-state index contributed by atoms with van der Waals surface area (Å²) in [7, 11) is 0. The zero-order chi connectivity index (χ0) is 19.0. The lowest BCUT2D eigenvalue weighted by Crippen LogP contribution is -2.22. The minimum absolute atomic E-state index is 0.235. The van der Waals surface area contributed by atoms with Crippen molar-refractivity contribution in [3.63, 3.8) is 0 Å². The second-order valence-corrected chi connectivity index (χ2v) is 7.16. The van der Waals surface area contributed by atoms with E-state index in [1.165, 1.54) is 4.57 Å². The lowest BCUT2D eigenvalue weighted by Gasteiger charge is -2.15. The molecule has 0 aliphatic heterocycles. The summed E-state index contributed by atoms with van der Waals surface area (Å²) in [5, 5.41) is 5.29. The summed E-state index contributed by atoms with van der Waals surface area (Å²) in [4.78, 5) is 17.8. The standard InChI is InChI=1S/C20H12Cl3N3O/c21-12-1-6-15(7-2-12)24-20-25-18-10-5-14(23)11-17(18)19(27)26(20)16-8-3-13(22)4-9-16/h1-11H,(H,24,25). The summed E-state index contributed by atoms with van der Waals surface area (Å²) < 4.78 is 1.49. The van der Waals surface area contributed by atoms with Crippen LogP contribution in [0.2, 0.25) is 15.1 Å². The molecule has 0 aliphatic rings. The highest BCUT2D eigenvalue weighted by molar-refractivity contribution is 6.31. The van der Waals surface area contributed by atoms with Gasteiger partial charge in [-0.15, -0.1) is 0 Å². The summed E-state index contributed by atoms with van der Waals surface area (Å²) in [6, 6.07) is 19.1. The van der Waals surface area contributed by atoms with E-state index in [9.17, 15) is 4.79 Å². The van der Waals surface area contributed by atoms with E-state index >= 15 is 0 Å². The second kappa shape index (κ2) is 7.24. The average Bonchev–Trinajstić information content (AvgIpc) is 2.66. The van der Waals surface area contributed by atoms with Gasteiger partial charge < -0.3 is 5.32 Å². The summed E-state index contributed by atoms with van der Waals surface area (Å²) >= 11 is 18.0. The lowest BCUT2D eigenvalue weighted by atomic mass is 10.2. The van der Waals surface area contributed by atoms with Crippen molar-refractivity contribution in [2.24, 2.45) is 0 Å². The van der Waals surface area contributed by atoms with Crippen LogP contribution in [0.4, 0.5) is 11.6 Å². The Balaban J connectivity index is 1.96. The molecule has 0 amide bonds. The van der Waals surface area contributed by atoms with E-state index in [0.717, 1.165) is 5.69 Å². The molecule has 4 rings (SSSR count). The Bertz CT molecular complexity index is 1190. The number of rotatable bonds is 3. The van der Waals surface area contributed by atoms with Gasteiger partial charge in [-0.05, 0) is 66.7 Å². The number of nitrogens with one attached hydrogen (secondary N) is 1. The van der Waals surface area contributed by atoms with Crippen LogP contribution in [0.15, 0.2) is 71.5 Å². The zero-order valence-electron chi connectivity index (χ0n) is 13.8. The molecule has 1 N–H and O–H groups in total. The molecule has 0 radical (unpaired) electrons. The maximum absolute atomic E-state index is 13.2. The molecule has 0 fully saturated rings. The van der Waals surface area contributed by atoms with Crippen LogP contribution < -0.4 is 10.9 Å². The van der Waals surface area contributed by atoms with E-state index in [0.29, 0.717) is 37.6 Å². The van der Waals surface area contributed by atoms with Crippen LogP contribution in [-0.4, -0.2) is 9.55 Å². The van der Waals surface area contributed by atoms with Crippen molar-refractivity contribution in [1.82, 2.24) is 9.55 Å². The zero-order valence-corrected chi connectivity index (χ0v) is 16.1. The van der Waals surface area contributed by atoms with Crippen LogP contribution in [0.3, 0.4) is 0 Å². The molecule has 0 bridgehead atoms. The fourth-order valence-corrected chi connectivity index (χ4v) is 3.16. The molecular formula is C20H12Cl3N3O. The van der Waals surface area contributed by atoms with E-state index in [1.807, 2.05) is 12.1 Å². The first-order chi connectivity index (χ1) is 13.0. The van der Waals surface area contributed by atoms with Gasteiger partial charge in [0.25, 0.3) is 5.56 Å². The third kappa shape index (κ3) is 3.65. The molecule has 0 aliphatic carbocycles. The minimum Gasteiger partial charge on any atom is -0.325 e. The van der Waals surface area contributed by atoms with Gasteiger partial charge in [0.1, 0.15) is 0 Å². The van der Waals surface area contributed by atoms with E-state index in [-0.39, 0.29) is 5.56 Å². The van der Waals surface area contributed by atoms with E-state index in [4.69, 9.17) is 34.8 Å². The molecule has 4 aromatic rings. The number of fused-ring (bicyclic) bond motifs is 1. The smallest absolute Gasteiger partial charge is 0.267 e. The molecule has 0 saturated carbocycles. The topological polar surface area (TPSA) is 46.9 Å². The first kappa shape index (κ1) is 17.9. The van der Waals surface area contributed by atoms with Gasteiger partial charge >= 0.3 is 0 Å². The Kier molecular flexibility index (Phi) is 4.79. The number of hydrogen-bond acceptors (Lipinski definition) is 3. The SMILES string of the molecule is O=c1c2cc(Cl)ccc2nc(Nc2ccc(Cl)cc2)n1-c1ccc(Cl)cc1. The highest BCUT2D eigenvalue weighted by atomic mass is 35.5. The number of anilines is 2. The fraction of sp³-hybridized carbons (Fsp3) is 0. The van der Waals surface area contributed by atoms with E-state index in [1.54, 1.807) is 54.6 Å². The maximum atomic E-state index is 13.2.